The van der Waals surface area contributed by atoms with Crippen molar-refractivity contribution in [3.63, 3.8) is 0 Å². The molecule has 14 heavy (non-hydrogen) atoms. The molecule has 1 aliphatic carbocycles. The summed E-state index contributed by atoms with van der Waals surface area (Å²) in [5.74, 6) is 2.29. The van der Waals surface area contributed by atoms with Crippen LogP contribution >= 0.6 is 0 Å². The summed E-state index contributed by atoms with van der Waals surface area (Å²) in [6.07, 6.45) is 4.46. The van der Waals surface area contributed by atoms with Crippen LogP contribution in [0.2, 0.25) is 0 Å². The highest BCUT2D eigenvalue weighted by atomic mass is 16.3. The average Bonchev–Trinajstić information content (AvgIpc) is 2.54. The van der Waals surface area contributed by atoms with E-state index in [2.05, 4.69) is 20.8 Å². The van der Waals surface area contributed by atoms with Gasteiger partial charge in [-0.15, -0.1) is 0 Å². The number of rotatable bonds is 2. The summed E-state index contributed by atoms with van der Waals surface area (Å²) in [5, 5.41) is 0. The van der Waals surface area contributed by atoms with Crippen molar-refractivity contribution in [3.05, 3.63) is 22.6 Å². The third kappa shape index (κ3) is 1.71. The number of aryl methyl sites for hydroxylation is 2. The van der Waals surface area contributed by atoms with E-state index in [1.54, 1.807) is 0 Å². The molecule has 1 heterocycles. The number of furan rings is 1. The molecule has 2 heteroatoms. The first-order chi connectivity index (χ1) is 6.47. The molecule has 0 aliphatic heterocycles. The Balaban J connectivity index is 2.33. The Kier molecular flexibility index (Phi) is 2.18. The number of fused-ring (bicyclic) bond motifs is 1. The Hall–Kier alpha value is -0.760. The predicted octanol–water partition coefficient (Wildman–Crippen LogP) is 2.36. The molecule has 0 atom stereocenters. The monoisotopic (exact) mass is 193 g/mol. The molecule has 0 aromatic carbocycles. The van der Waals surface area contributed by atoms with Gasteiger partial charge in [0.05, 0.1) is 0 Å². The lowest BCUT2D eigenvalue weighted by atomic mass is 9.93. The summed E-state index contributed by atoms with van der Waals surface area (Å²) in [6.45, 7) is 6.20. The topological polar surface area (TPSA) is 39.2 Å². The zero-order valence-electron chi connectivity index (χ0n) is 9.31. The molecule has 0 bridgehead atoms. The van der Waals surface area contributed by atoms with Gasteiger partial charge in [-0.1, -0.05) is 0 Å². The standard InChI is InChI=1S/C12H19NO/c1-8-10(7-12(2,3)13)9-5-4-6-11(9)14-8/h4-7,13H2,1-3H3. The van der Waals surface area contributed by atoms with E-state index in [1.165, 1.54) is 29.7 Å². The molecular formula is C12H19NO. The number of nitrogens with two attached hydrogens (primary N) is 1. The fourth-order valence-corrected chi connectivity index (χ4v) is 2.29. The van der Waals surface area contributed by atoms with Gasteiger partial charge < -0.3 is 10.2 Å². The molecule has 0 saturated carbocycles. The van der Waals surface area contributed by atoms with Crippen LogP contribution in [0, 0.1) is 6.92 Å². The highest BCUT2D eigenvalue weighted by Crippen LogP contribution is 2.32. The third-order valence-corrected chi connectivity index (χ3v) is 2.87. The minimum absolute atomic E-state index is 0.134. The van der Waals surface area contributed by atoms with Gasteiger partial charge in [-0.3, -0.25) is 0 Å². The Morgan fingerprint density at radius 1 is 1.36 bits per heavy atom. The van der Waals surface area contributed by atoms with Crippen LogP contribution < -0.4 is 5.73 Å². The van der Waals surface area contributed by atoms with E-state index in [0.29, 0.717) is 0 Å². The van der Waals surface area contributed by atoms with E-state index in [1.807, 2.05) is 0 Å². The first kappa shape index (κ1) is 9.78. The average molecular weight is 193 g/mol. The minimum Gasteiger partial charge on any atom is -0.466 e. The fourth-order valence-electron chi connectivity index (χ4n) is 2.29. The molecule has 0 unspecified atom stereocenters. The molecule has 0 spiro atoms. The summed E-state index contributed by atoms with van der Waals surface area (Å²) < 4.78 is 5.75. The quantitative estimate of drug-likeness (QED) is 0.783. The zero-order chi connectivity index (χ0) is 10.3. The van der Waals surface area contributed by atoms with Crippen molar-refractivity contribution < 1.29 is 4.42 Å². The maximum Gasteiger partial charge on any atom is 0.107 e. The van der Waals surface area contributed by atoms with Gasteiger partial charge in [0.15, 0.2) is 0 Å². The Morgan fingerprint density at radius 2 is 2.07 bits per heavy atom. The van der Waals surface area contributed by atoms with E-state index in [9.17, 15) is 0 Å². The van der Waals surface area contributed by atoms with E-state index >= 15 is 0 Å². The third-order valence-electron chi connectivity index (χ3n) is 2.87. The predicted molar refractivity (Wildman–Crippen MR) is 57.4 cm³/mol. The Labute approximate surface area is 85.5 Å². The molecule has 0 saturated heterocycles. The molecule has 2 nitrogen and oxygen atoms in total. The highest BCUT2D eigenvalue weighted by Gasteiger charge is 2.25. The first-order valence-corrected chi connectivity index (χ1v) is 5.36. The molecule has 0 radical (unpaired) electrons. The van der Waals surface area contributed by atoms with Gasteiger partial charge in [-0.2, -0.15) is 0 Å². The smallest absolute Gasteiger partial charge is 0.107 e. The molecule has 1 aromatic heterocycles. The zero-order valence-corrected chi connectivity index (χ0v) is 9.31. The lowest BCUT2D eigenvalue weighted by Crippen LogP contribution is -2.34. The van der Waals surface area contributed by atoms with Crippen molar-refractivity contribution in [3.8, 4) is 0 Å². The molecule has 1 aliphatic rings. The van der Waals surface area contributed by atoms with Crippen LogP contribution in [0.4, 0.5) is 0 Å². The second kappa shape index (κ2) is 3.13. The largest absolute Gasteiger partial charge is 0.466 e. The maximum atomic E-state index is 6.05. The molecule has 2 N–H and O–H groups in total. The summed E-state index contributed by atoms with van der Waals surface area (Å²) in [6, 6.07) is 0. The highest BCUT2D eigenvalue weighted by molar-refractivity contribution is 5.37. The van der Waals surface area contributed by atoms with Gasteiger partial charge in [0.1, 0.15) is 11.5 Å². The van der Waals surface area contributed by atoms with Crippen LogP contribution in [0.3, 0.4) is 0 Å². The number of hydrogen-bond acceptors (Lipinski definition) is 2. The second-order valence-corrected chi connectivity index (χ2v) is 5.06. The minimum atomic E-state index is -0.134. The van der Waals surface area contributed by atoms with Crippen molar-refractivity contribution >= 4 is 0 Å². The second-order valence-electron chi connectivity index (χ2n) is 5.06. The molecule has 0 fully saturated rings. The molecule has 0 amide bonds. The maximum absolute atomic E-state index is 6.05. The van der Waals surface area contributed by atoms with E-state index in [0.717, 1.165) is 18.6 Å². The van der Waals surface area contributed by atoms with Crippen LogP contribution in [-0.2, 0) is 19.3 Å². The van der Waals surface area contributed by atoms with Gasteiger partial charge in [0.25, 0.3) is 0 Å². The molecular weight excluding hydrogens is 174 g/mol. The van der Waals surface area contributed by atoms with Crippen LogP contribution in [0.25, 0.3) is 0 Å². The molecule has 78 valence electrons. The van der Waals surface area contributed by atoms with E-state index in [4.69, 9.17) is 10.2 Å². The van der Waals surface area contributed by atoms with E-state index in [-0.39, 0.29) is 5.54 Å². The van der Waals surface area contributed by atoms with Crippen LogP contribution in [-0.4, -0.2) is 5.54 Å². The van der Waals surface area contributed by atoms with Gasteiger partial charge in [0.2, 0.25) is 0 Å². The van der Waals surface area contributed by atoms with Crippen LogP contribution in [0.5, 0.6) is 0 Å². The van der Waals surface area contributed by atoms with Crippen molar-refractivity contribution in [2.24, 2.45) is 5.73 Å². The Morgan fingerprint density at radius 3 is 2.71 bits per heavy atom. The van der Waals surface area contributed by atoms with Crippen LogP contribution in [0.1, 0.15) is 42.9 Å². The Bertz CT molecular complexity index is 344. The first-order valence-electron chi connectivity index (χ1n) is 5.36. The van der Waals surface area contributed by atoms with Crippen molar-refractivity contribution in [1.29, 1.82) is 0 Å². The SMILES string of the molecule is Cc1oc2c(c1CC(C)(C)N)CCC2. The fraction of sp³-hybridized carbons (Fsp3) is 0.667. The van der Waals surface area contributed by atoms with Gasteiger partial charge >= 0.3 is 0 Å². The number of hydrogen-bond donors (Lipinski definition) is 1. The van der Waals surface area contributed by atoms with Gasteiger partial charge in [-0.05, 0) is 51.2 Å². The van der Waals surface area contributed by atoms with Gasteiger partial charge in [-0.25, -0.2) is 0 Å². The summed E-state index contributed by atoms with van der Waals surface area (Å²) in [4.78, 5) is 0. The van der Waals surface area contributed by atoms with Crippen molar-refractivity contribution in [1.82, 2.24) is 0 Å². The summed E-state index contributed by atoms with van der Waals surface area (Å²) in [5.41, 5.74) is 8.73. The van der Waals surface area contributed by atoms with Crippen LogP contribution in [0.15, 0.2) is 4.42 Å². The van der Waals surface area contributed by atoms with Crippen molar-refractivity contribution in [2.45, 2.75) is 52.0 Å². The summed E-state index contributed by atoms with van der Waals surface area (Å²) >= 11 is 0. The van der Waals surface area contributed by atoms with Gasteiger partial charge in [0, 0.05) is 12.0 Å². The summed E-state index contributed by atoms with van der Waals surface area (Å²) in [7, 11) is 0. The van der Waals surface area contributed by atoms with E-state index < -0.39 is 0 Å². The lowest BCUT2D eigenvalue weighted by molar-refractivity contribution is 0.471. The van der Waals surface area contributed by atoms with Crippen molar-refractivity contribution in [2.75, 3.05) is 0 Å². The molecule has 1 aromatic rings. The lowest BCUT2D eigenvalue weighted by Gasteiger charge is -2.18. The molecule has 2 rings (SSSR count). The normalized spacial score (nSPS) is 16.0.